The number of ether oxygens (including phenoxy) is 1. The molecule has 0 saturated heterocycles. The first-order chi connectivity index (χ1) is 8.76. The molecule has 0 atom stereocenters. The first-order valence-electron chi connectivity index (χ1n) is 6.25. The van der Waals surface area contributed by atoms with Crippen molar-refractivity contribution in [3.05, 3.63) is 35.4 Å². The van der Waals surface area contributed by atoms with Crippen LogP contribution in [0.3, 0.4) is 0 Å². The number of halogens is 1. The van der Waals surface area contributed by atoms with Crippen molar-refractivity contribution >= 4 is 29.9 Å². The monoisotopic (exact) mass is 377 g/mol. The van der Waals surface area contributed by atoms with Crippen LogP contribution in [-0.4, -0.2) is 33.3 Å². The van der Waals surface area contributed by atoms with E-state index in [1.807, 2.05) is 0 Å². The molecule has 108 valence electrons. The van der Waals surface area contributed by atoms with Crippen molar-refractivity contribution < 1.29 is 4.74 Å². The summed E-state index contributed by atoms with van der Waals surface area (Å²) in [6.07, 6.45) is 0.974. The lowest BCUT2D eigenvalue weighted by Gasteiger charge is -2.12. The van der Waals surface area contributed by atoms with Gasteiger partial charge in [-0.1, -0.05) is 29.8 Å². The van der Waals surface area contributed by atoms with Gasteiger partial charge in [-0.3, -0.25) is 4.99 Å². The number of rotatable bonds is 6. The molecule has 0 fully saturated rings. The van der Waals surface area contributed by atoms with Crippen molar-refractivity contribution in [3.8, 4) is 0 Å². The van der Waals surface area contributed by atoms with Gasteiger partial charge in [0.2, 0.25) is 0 Å². The van der Waals surface area contributed by atoms with Gasteiger partial charge in [-0.15, -0.1) is 24.0 Å². The van der Waals surface area contributed by atoms with E-state index in [0.29, 0.717) is 0 Å². The molecule has 0 spiro atoms. The van der Waals surface area contributed by atoms with Crippen LogP contribution >= 0.6 is 24.0 Å². The highest BCUT2D eigenvalue weighted by Gasteiger charge is 1.98. The molecule has 0 saturated carbocycles. The zero-order valence-electron chi connectivity index (χ0n) is 11.9. The van der Waals surface area contributed by atoms with Crippen LogP contribution in [0.4, 0.5) is 0 Å². The van der Waals surface area contributed by atoms with Crippen molar-refractivity contribution in [2.24, 2.45) is 4.99 Å². The van der Waals surface area contributed by atoms with E-state index in [1.54, 1.807) is 14.2 Å². The zero-order valence-corrected chi connectivity index (χ0v) is 14.2. The molecule has 19 heavy (non-hydrogen) atoms. The van der Waals surface area contributed by atoms with Crippen LogP contribution in [0.15, 0.2) is 29.3 Å². The third kappa shape index (κ3) is 8.05. The number of hydrogen-bond donors (Lipinski definition) is 2. The molecule has 0 unspecified atom stereocenters. The van der Waals surface area contributed by atoms with Crippen LogP contribution in [0.5, 0.6) is 0 Å². The van der Waals surface area contributed by atoms with Crippen LogP contribution in [0.25, 0.3) is 0 Å². The van der Waals surface area contributed by atoms with E-state index in [9.17, 15) is 0 Å². The lowest BCUT2D eigenvalue weighted by molar-refractivity contribution is 0.195. The maximum absolute atomic E-state index is 5.00. The molecule has 4 nitrogen and oxygen atoms in total. The molecular weight excluding hydrogens is 353 g/mol. The SMILES string of the molecule is CN=C(NCCCOC)NCc1cccc(C)c1.I. The number of nitrogens with zero attached hydrogens (tertiary/aromatic N) is 1. The second-order valence-corrected chi connectivity index (χ2v) is 4.19. The summed E-state index contributed by atoms with van der Waals surface area (Å²) in [6.45, 7) is 4.51. The number of aryl methyl sites for hydroxylation is 1. The minimum absolute atomic E-state index is 0. The molecule has 5 heteroatoms. The van der Waals surface area contributed by atoms with Gasteiger partial charge in [-0.05, 0) is 18.9 Å². The number of guanidine groups is 1. The molecule has 1 rings (SSSR count). The summed E-state index contributed by atoms with van der Waals surface area (Å²) in [5.41, 5.74) is 2.53. The van der Waals surface area contributed by atoms with E-state index in [1.165, 1.54) is 11.1 Å². The van der Waals surface area contributed by atoms with Crippen molar-refractivity contribution in [3.63, 3.8) is 0 Å². The zero-order chi connectivity index (χ0) is 13.2. The predicted molar refractivity (Wildman–Crippen MR) is 91.3 cm³/mol. The number of aliphatic imine (C=N–C) groups is 1. The highest BCUT2D eigenvalue weighted by Crippen LogP contribution is 2.02. The molecule has 1 aromatic carbocycles. The van der Waals surface area contributed by atoms with Crippen LogP contribution in [-0.2, 0) is 11.3 Å². The second-order valence-electron chi connectivity index (χ2n) is 4.19. The molecular formula is C14H24IN3O. The first-order valence-corrected chi connectivity index (χ1v) is 6.25. The minimum Gasteiger partial charge on any atom is -0.385 e. The topological polar surface area (TPSA) is 45.7 Å². The summed E-state index contributed by atoms with van der Waals surface area (Å²) in [5, 5.41) is 6.54. The fourth-order valence-electron chi connectivity index (χ4n) is 1.65. The Bertz CT molecular complexity index is 383. The van der Waals surface area contributed by atoms with E-state index < -0.39 is 0 Å². The van der Waals surface area contributed by atoms with Crippen LogP contribution < -0.4 is 10.6 Å². The second kappa shape index (κ2) is 11.0. The molecule has 2 N–H and O–H groups in total. The Hall–Kier alpha value is -0.820. The smallest absolute Gasteiger partial charge is 0.191 e. The Morgan fingerprint density at radius 1 is 1.32 bits per heavy atom. The largest absolute Gasteiger partial charge is 0.385 e. The quantitative estimate of drug-likeness (QED) is 0.346. The summed E-state index contributed by atoms with van der Waals surface area (Å²) < 4.78 is 5.00. The third-order valence-electron chi connectivity index (χ3n) is 2.58. The van der Waals surface area contributed by atoms with Crippen molar-refractivity contribution in [2.75, 3.05) is 27.3 Å². The molecule has 0 aliphatic heterocycles. The molecule has 0 aromatic heterocycles. The van der Waals surface area contributed by atoms with E-state index in [4.69, 9.17) is 4.74 Å². The Balaban J connectivity index is 0.00000324. The average molecular weight is 377 g/mol. The average Bonchev–Trinajstić information content (AvgIpc) is 2.38. The number of benzene rings is 1. The summed E-state index contributed by atoms with van der Waals surface area (Å²) >= 11 is 0. The van der Waals surface area contributed by atoms with Crippen LogP contribution in [0.1, 0.15) is 17.5 Å². The van der Waals surface area contributed by atoms with Gasteiger partial charge in [0.25, 0.3) is 0 Å². The molecule has 0 radical (unpaired) electrons. The van der Waals surface area contributed by atoms with Gasteiger partial charge in [0.1, 0.15) is 0 Å². The highest BCUT2D eigenvalue weighted by molar-refractivity contribution is 14.0. The number of methoxy groups -OCH3 is 1. The summed E-state index contributed by atoms with van der Waals surface area (Å²) in [4.78, 5) is 4.18. The van der Waals surface area contributed by atoms with Crippen molar-refractivity contribution in [2.45, 2.75) is 19.9 Å². The van der Waals surface area contributed by atoms with E-state index in [0.717, 1.165) is 32.1 Å². The third-order valence-corrected chi connectivity index (χ3v) is 2.58. The lowest BCUT2D eigenvalue weighted by Crippen LogP contribution is -2.37. The molecule has 0 heterocycles. The predicted octanol–water partition coefficient (Wildman–Crippen LogP) is 2.31. The van der Waals surface area contributed by atoms with Gasteiger partial charge >= 0.3 is 0 Å². The molecule has 1 aromatic rings. The number of nitrogens with one attached hydrogen (secondary N) is 2. The van der Waals surface area contributed by atoms with Gasteiger partial charge in [-0.2, -0.15) is 0 Å². The number of hydrogen-bond acceptors (Lipinski definition) is 2. The van der Waals surface area contributed by atoms with Crippen LogP contribution in [0.2, 0.25) is 0 Å². The molecule has 0 aliphatic rings. The fourth-order valence-corrected chi connectivity index (χ4v) is 1.65. The first kappa shape index (κ1) is 18.2. The normalized spacial score (nSPS) is 10.8. The fraction of sp³-hybridized carbons (Fsp3) is 0.500. The van der Waals surface area contributed by atoms with E-state index in [-0.39, 0.29) is 24.0 Å². The Kier molecular flexibility index (Phi) is 10.6. The Morgan fingerprint density at radius 2 is 2.11 bits per heavy atom. The molecule has 0 amide bonds. The summed E-state index contributed by atoms with van der Waals surface area (Å²) in [6, 6.07) is 8.45. The van der Waals surface area contributed by atoms with Gasteiger partial charge in [0, 0.05) is 33.9 Å². The Labute approximate surface area is 133 Å². The maximum Gasteiger partial charge on any atom is 0.191 e. The summed E-state index contributed by atoms with van der Waals surface area (Å²) in [5.74, 6) is 0.826. The lowest BCUT2D eigenvalue weighted by atomic mass is 10.1. The van der Waals surface area contributed by atoms with Gasteiger partial charge in [0.05, 0.1) is 0 Å². The summed E-state index contributed by atoms with van der Waals surface area (Å²) in [7, 11) is 3.49. The van der Waals surface area contributed by atoms with Crippen LogP contribution in [0, 0.1) is 6.92 Å². The van der Waals surface area contributed by atoms with Crippen molar-refractivity contribution in [1.82, 2.24) is 10.6 Å². The standard InChI is InChI=1S/C14H23N3O.HI/c1-12-6-4-7-13(10-12)11-17-14(15-2)16-8-5-9-18-3;/h4,6-7,10H,5,8-9,11H2,1-3H3,(H2,15,16,17);1H. The molecule has 0 bridgehead atoms. The van der Waals surface area contributed by atoms with E-state index >= 15 is 0 Å². The van der Waals surface area contributed by atoms with Gasteiger partial charge in [0.15, 0.2) is 5.96 Å². The van der Waals surface area contributed by atoms with Gasteiger partial charge < -0.3 is 15.4 Å². The minimum atomic E-state index is 0. The van der Waals surface area contributed by atoms with Crippen molar-refractivity contribution in [1.29, 1.82) is 0 Å². The highest BCUT2D eigenvalue weighted by atomic mass is 127. The van der Waals surface area contributed by atoms with E-state index in [2.05, 4.69) is 46.8 Å². The maximum atomic E-state index is 5.00. The van der Waals surface area contributed by atoms with Gasteiger partial charge in [-0.25, -0.2) is 0 Å². The molecule has 0 aliphatic carbocycles. The Morgan fingerprint density at radius 3 is 2.74 bits per heavy atom.